The molecule has 0 unspecified atom stereocenters. The minimum atomic E-state index is -1.19. The Morgan fingerprint density at radius 2 is 1.96 bits per heavy atom. The smallest absolute Gasteiger partial charge is 0.319 e. The molecule has 2 aromatic rings. The number of amides is 4. The highest BCUT2D eigenvalue weighted by Gasteiger charge is 2.49. The van der Waals surface area contributed by atoms with E-state index in [2.05, 4.69) is 21.2 Å². The third-order valence-electron chi connectivity index (χ3n) is 5.38. The molecule has 2 aliphatic heterocycles. The average Bonchev–Trinajstić information content (AvgIpc) is 2.91. The monoisotopic (exact) mass is 441 g/mol. The molecule has 0 radical (unpaired) electrons. The number of anilines is 1. The molecular weight excluding hydrogens is 422 g/mol. The molecule has 7 heteroatoms. The first-order valence-corrected chi connectivity index (χ1v) is 9.98. The van der Waals surface area contributed by atoms with Crippen molar-refractivity contribution in [2.75, 3.05) is 18.0 Å². The molecule has 2 heterocycles. The SMILES string of the molecule is C[C@]1(c2cccc(Br)c2)NC(=O)N(CC(=O)N2CCCc3ccccc32)C1=O. The van der Waals surface area contributed by atoms with Crippen molar-refractivity contribution in [2.45, 2.75) is 25.3 Å². The molecule has 1 atom stereocenters. The molecule has 4 amide bonds. The predicted molar refractivity (Wildman–Crippen MR) is 109 cm³/mol. The van der Waals surface area contributed by atoms with Crippen LogP contribution in [0, 0.1) is 0 Å². The molecule has 6 nitrogen and oxygen atoms in total. The van der Waals surface area contributed by atoms with Gasteiger partial charge in [-0.15, -0.1) is 0 Å². The van der Waals surface area contributed by atoms with E-state index in [1.54, 1.807) is 24.0 Å². The number of carbonyl (C=O) groups is 3. The van der Waals surface area contributed by atoms with Crippen LogP contribution in [0.5, 0.6) is 0 Å². The van der Waals surface area contributed by atoms with Crippen LogP contribution in [0.15, 0.2) is 53.0 Å². The zero-order valence-electron chi connectivity index (χ0n) is 15.4. The van der Waals surface area contributed by atoms with E-state index in [1.165, 1.54) is 0 Å². The van der Waals surface area contributed by atoms with Gasteiger partial charge in [0.15, 0.2) is 0 Å². The summed E-state index contributed by atoms with van der Waals surface area (Å²) in [5.41, 5.74) is 1.44. The summed E-state index contributed by atoms with van der Waals surface area (Å²) in [6.07, 6.45) is 1.78. The number of fused-ring (bicyclic) bond motifs is 1. The van der Waals surface area contributed by atoms with E-state index < -0.39 is 17.5 Å². The van der Waals surface area contributed by atoms with Gasteiger partial charge in [-0.3, -0.25) is 14.5 Å². The van der Waals surface area contributed by atoms with Gasteiger partial charge in [0.05, 0.1) is 0 Å². The summed E-state index contributed by atoms with van der Waals surface area (Å²) in [5.74, 6) is -0.677. The minimum Gasteiger partial charge on any atom is -0.319 e. The van der Waals surface area contributed by atoms with Crippen LogP contribution < -0.4 is 10.2 Å². The van der Waals surface area contributed by atoms with Crippen LogP contribution in [0.3, 0.4) is 0 Å². The summed E-state index contributed by atoms with van der Waals surface area (Å²) in [6.45, 7) is 1.97. The second-order valence-corrected chi connectivity index (χ2v) is 8.15. The van der Waals surface area contributed by atoms with E-state index in [0.29, 0.717) is 12.1 Å². The highest BCUT2D eigenvalue weighted by Crippen LogP contribution is 2.31. The molecule has 28 heavy (non-hydrogen) atoms. The number of urea groups is 1. The third kappa shape index (κ3) is 3.09. The lowest BCUT2D eigenvalue weighted by molar-refractivity contribution is -0.134. The van der Waals surface area contributed by atoms with E-state index >= 15 is 0 Å². The number of aryl methyl sites for hydroxylation is 1. The first kappa shape index (κ1) is 18.7. The van der Waals surface area contributed by atoms with Crippen LogP contribution in [-0.4, -0.2) is 35.8 Å². The van der Waals surface area contributed by atoms with Crippen LogP contribution in [0.25, 0.3) is 0 Å². The number of nitrogens with one attached hydrogen (secondary N) is 1. The Balaban J connectivity index is 1.57. The number of benzene rings is 2. The molecule has 0 aliphatic carbocycles. The van der Waals surface area contributed by atoms with Crippen molar-refractivity contribution in [1.82, 2.24) is 10.2 Å². The zero-order valence-corrected chi connectivity index (χ0v) is 17.0. The highest BCUT2D eigenvalue weighted by molar-refractivity contribution is 9.10. The molecule has 0 aromatic heterocycles. The molecule has 0 saturated carbocycles. The second kappa shape index (κ2) is 7.05. The van der Waals surface area contributed by atoms with Crippen LogP contribution in [0.2, 0.25) is 0 Å². The van der Waals surface area contributed by atoms with Crippen molar-refractivity contribution >= 4 is 39.5 Å². The van der Waals surface area contributed by atoms with Crippen molar-refractivity contribution in [3.8, 4) is 0 Å². The highest BCUT2D eigenvalue weighted by atomic mass is 79.9. The molecule has 2 aromatic carbocycles. The number of hydrogen-bond donors (Lipinski definition) is 1. The van der Waals surface area contributed by atoms with Crippen molar-refractivity contribution in [1.29, 1.82) is 0 Å². The number of hydrogen-bond acceptors (Lipinski definition) is 3. The normalized spacial score (nSPS) is 21.5. The summed E-state index contributed by atoms with van der Waals surface area (Å²) in [7, 11) is 0. The van der Waals surface area contributed by atoms with Gasteiger partial charge in [0.2, 0.25) is 5.91 Å². The summed E-state index contributed by atoms with van der Waals surface area (Å²) in [5, 5.41) is 2.75. The van der Waals surface area contributed by atoms with Gasteiger partial charge in [-0.25, -0.2) is 4.79 Å². The topological polar surface area (TPSA) is 69.7 Å². The maximum Gasteiger partial charge on any atom is 0.325 e. The van der Waals surface area contributed by atoms with Crippen LogP contribution in [-0.2, 0) is 21.5 Å². The summed E-state index contributed by atoms with van der Waals surface area (Å²) < 4.78 is 0.813. The number of carbonyl (C=O) groups excluding carboxylic acids is 3. The molecule has 144 valence electrons. The van der Waals surface area contributed by atoms with Gasteiger partial charge in [-0.2, -0.15) is 0 Å². The van der Waals surface area contributed by atoms with E-state index in [-0.39, 0.29) is 12.5 Å². The second-order valence-electron chi connectivity index (χ2n) is 7.23. The number of halogens is 1. The Bertz CT molecular complexity index is 977. The number of imide groups is 1. The van der Waals surface area contributed by atoms with E-state index in [1.807, 2.05) is 36.4 Å². The molecule has 2 aliphatic rings. The summed E-state index contributed by atoms with van der Waals surface area (Å²) in [4.78, 5) is 41.2. The molecule has 4 rings (SSSR count). The van der Waals surface area contributed by atoms with E-state index in [4.69, 9.17) is 0 Å². The summed E-state index contributed by atoms with van der Waals surface area (Å²) >= 11 is 3.39. The zero-order chi connectivity index (χ0) is 19.9. The van der Waals surface area contributed by atoms with Crippen molar-refractivity contribution in [2.24, 2.45) is 0 Å². The fourth-order valence-electron chi connectivity index (χ4n) is 3.85. The Kier molecular flexibility index (Phi) is 4.71. The quantitative estimate of drug-likeness (QED) is 0.743. The Morgan fingerprint density at radius 3 is 2.75 bits per heavy atom. The Morgan fingerprint density at radius 1 is 1.18 bits per heavy atom. The van der Waals surface area contributed by atoms with Crippen LogP contribution >= 0.6 is 15.9 Å². The van der Waals surface area contributed by atoms with E-state index in [0.717, 1.165) is 33.5 Å². The van der Waals surface area contributed by atoms with Gasteiger partial charge in [0, 0.05) is 16.7 Å². The Labute approximate surface area is 171 Å². The number of rotatable bonds is 3. The maximum atomic E-state index is 13.1. The molecule has 0 spiro atoms. The molecule has 0 bridgehead atoms. The van der Waals surface area contributed by atoms with Crippen LogP contribution in [0.4, 0.5) is 10.5 Å². The molecular formula is C21H20BrN3O3. The lowest BCUT2D eigenvalue weighted by Crippen LogP contribution is -2.46. The van der Waals surface area contributed by atoms with Crippen molar-refractivity contribution in [3.05, 3.63) is 64.1 Å². The van der Waals surface area contributed by atoms with Gasteiger partial charge in [-0.05, 0) is 49.1 Å². The standard InChI is InChI=1S/C21H20BrN3O3/c1-21(15-8-4-9-16(22)12-15)19(27)25(20(28)23-21)13-18(26)24-11-5-7-14-6-2-3-10-17(14)24/h2-4,6,8-10,12H,5,7,11,13H2,1H3,(H,23,28)/t21-/m1/s1. The first-order chi connectivity index (χ1) is 13.4. The minimum absolute atomic E-state index is 0.255. The molecule has 1 fully saturated rings. The maximum absolute atomic E-state index is 13.1. The lowest BCUT2D eigenvalue weighted by Gasteiger charge is -2.30. The fourth-order valence-corrected chi connectivity index (χ4v) is 4.25. The average molecular weight is 442 g/mol. The van der Waals surface area contributed by atoms with Gasteiger partial charge in [-0.1, -0.05) is 46.3 Å². The van der Waals surface area contributed by atoms with Gasteiger partial charge >= 0.3 is 6.03 Å². The van der Waals surface area contributed by atoms with Gasteiger partial charge < -0.3 is 10.2 Å². The van der Waals surface area contributed by atoms with Gasteiger partial charge in [0.25, 0.3) is 5.91 Å². The van der Waals surface area contributed by atoms with Crippen LogP contribution in [0.1, 0.15) is 24.5 Å². The predicted octanol–water partition coefficient (Wildman–Crippen LogP) is 3.20. The number of para-hydroxylation sites is 1. The third-order valence-corrected chi connectivity index (χ3v) is 5.87. The van der Waals surface area contributed by atoms with Crippen molar-refractivity contribution < 1.29 is 14.4 Å². The lowest BCUT2D eigenvalue weighted by atomic mass is 9.92. The summed E-state index contributed by atoms with van der Waals surface area (Å²) in [6, 6.07) is 14.4. The van der Waals surface area contributed by atoms with Crippen molar-refractivity contribution in [3.63, 3.8) is 0 Å². The Hall–Kier alpha value is -2.67. The molecule has 1 saturated heterocycles. The van der Waals surface area contributed by atoms with Gasteiger partial charge in [0.1, 0.15) is 12.1 Å². The largest absolute Gasteiger partial charge is 0.325 e. The molecule has 1 N–H and O–H groups in total. The first-order valence-electron chi connectivity index (χ1n) is 9.18. The number of nitrogens with zero attached hydrogens (tertiary/aromatic N) is 2. The van der Waals surface area contributed by atoms with E-state index in [9.17, 15) is 14.4 Å². The fraction of sp³-hybridized carbons (Fsp3) is 0.286.